The number of hydrogen-bond donors (Lipinski definition) is 4. The van der Waals surface area contributed by atoms with Gasteiger partial charge in [-0.1, -0.05) is 31.7 Å². The van der Waals surface area contributed by atoms with Crippen LogP contribution in [0.5, 0.6) is 0 Å². The first-order valence-corrected chi connectivity index (χ1v) is 6.37. The van der Waals surface area contributed by atoms with E-state index >= 15 is 0 Å². The van der Waals surface area contributed by atoms with E-state index in [1.165, 1.54) is 48.5 Å². The molecule has 0 radical (unpaired) electrons. The van der Waals surface area contributed by atoms with Crippen molar-refractivity contribution in [2.75, 3.05) is 0 Å². The van der Waals surface area contributed by atoms with Gasteiger partial charge < -0.3 is 20.4 Å². The number of hydrogen-bond acceptors (Lipinski definition) is 4. The van der Waals surface area contributed by atoms with Gasteiger partial charge in [-0.2, -0.15) is 0 Å². The van der Waals surface area contributed by atoms with E-state index in [1.54, 1.807) is 0 Å². The number of carbonyl (C=O) groups is 4. The van der Waals surface area contributed by atoms with Crippen LogP contribution in [0.4, 0.5) is 0 Å². The van der Waals surface area contributed by atoms with Crippen molar-refractivity contribution in [3.05, 3.63) is 70.8 Å². The second-order valence-electron chi connectivity index (χ2n) is 4.31. The maximum absolute atomic E-state index is 10.5. The second kappa shape index (κ2) is 9.46. The van der Waals surface area contributed by atoms with E-state index in [2.05, 4.69) is 0 Å². The van der Waals surface area contributed by atoms with Gasteiger partial charge in [-0.15, -0.1) is 0 Å². The SMILES string of the molecule is C.O=C(O)c1ccccc1C(=O)O.O=C(O)c1ccccc1C(=O)O. The summed E-state index contributed by atoms with van der Waals surface area (Å²) in [4.78, 5) is 41.9. The molecule has 2 rings (SSSR count). The third-order valence-corrected chi connectivity index (χ3v) is 2.78. The lowest BCUT2D eigenvalue weighted by molar-refractivity contribution is 0.0651. The van der Waals surface area contributed by atoms with E-state index < -0.39 is 23.9 Å². The number of rotatable bonds is 4. The standard InChI is InChI=1S/2C8H6O4.CH4/c2*9-7(10)5-3-1-2-4-6(5)8(11)12;/h2*1-4H,(H,9,10)(H,11,12);1H4. The van der Waals surface area contributed by atoms with Crippen LogP contribution in [-0.4, -0.2) is 44.3 Å². The summed E-state index contributed by atoms with van der Waals surface area (Å²) in [7, 11) is 0. The van der Waals surface area contributed by atoms with Crippen molar-refractivity contribution in [3.63, 3.8) is 0 Å². The summed E-state index contributed by atoms with van der Waals surface area (Å²) in [6, 6.07) is 11.0. The summed E-state index contributed by atoms with van der Waals surface area (Å²) < 4.78 is 0. The Balaban J connectivity index is 0.000000443. The molecule has 132 valence electrons. The molecule has 0 amide bonds. The molecule has 0 heterocycles. The zero-order chi connectivity index (χ0) is 18.3. The van der Waals surface area contributed by atoms with Gasteiger partial charge in [-0.05, 0) is 24.3 Å². The fraction of sp³-hybridized carbons (Fsp3) is 0.0588. The highest BCUT2D eigenvalue weighted by atomic mass is 16.4. The Hall–Kier alpha value is -3.68. The Bertz CT molecular complexity index is 661. The van der Waals surface area contributed by atoms with Gasteiger partial charge in [0.05, 0.1) is 22.3 Å². The molecule has 0 saturated heterocycles. The van der Waals surface area contributed by atoms with Crippen LogP contribution in [0.25, 0.3) is 0 Å². The Kier molecular flexibility index (Phi) is 8.06. The minimum atomic E-state index is -1.23. The highest BCUT2D eigenvalue weighted by Gasteiger charge is 2.14. The average Bonchev–Trinajstić information content (AvgIpc) is 2.55. The topological polar surface area (TPSA) is 149 Å². The molecule has 0 aliphatic rings. The van der Waals surface area contributed by atoms with Gasteiger partial charge in [0.25, 0.3) is 0 Å². The smallest absolute Gasteiger partial charge is 0.336 e. The first-order valence-electron chi connectivity index (χ1n) is 6.37. The molecule has 0 aromatic heterocycles. The molecular weight excluding hydrogens is 332 g/mol. The van der Waals surface area contributed by atoms with Gasteiger partial charge in [-0.3, -0.25) is 0 Å². The van der Waals surface area contributed by atoms with Crippen LogP contribution in [0.3, 0.4) is 0 Å². The van der Waals surface area contributed by atoms with Crippen molar-refractivity contribution in [3.8, 4) is 0 Å². The molecular formula is C17H16O8. The average molecular weight is 348 g/mol. The zero-order valence-electron chi connectivity index (χ0n) is 12.0. The first kappa shape index (κ1) is 21.3. The van der Waals surface area contributed by atoms with E-state index in [0.717, 1.165) is 0 Å². The number of aromatic carboxylic acids is 4. The summed E-state index contributed by atoms with van der Waals surface area (Å²) in [5, 5.41) is 34.2. The third kappa shape index (κ3) is 5.79. The fourth-order valence-corrected chi connectivity index (χ4v) is 1.71. The predicted molar refractivity (Wildman–Crippen MR) is 87.5 cm³/mol. The van der Waals surface area contributed by atoms with Gasteiger partial charge in [-0.25, -0.2) is 19.2 Å². The molecule has 0 fully saturated rings. The number of benzene rings is 2. The molecule has 8 heteroatoms. The molecule has 2 aromatic rings. The molecule has 2 aromatic carbocycles. The quantitative estimate of drug-likeness (QED) is 0.659. The van der Waals surface area contributed by atoms with Crippen molar-refractivity contribution in [2.45, 2.75) is 7.43 Å². The Labute approximate surface area is 142 Å². The molecule has 0 saturated carbocycles. The van der Waals surface area contributed by atoms with Crippen LogP contribution in [-0.2, 0) is 0 Å². The second-order valence-corrected chi connectivity index (χ2v) is 4.31. The minimum absolute atomic E-state index is 0. The summed E-state index contributed by atoms with van der Waals surface area (Å²) in [5.41, 5.74) is -0.759. The van der Waals surface area contributed by atoms with Crippen molar-refractivity contribution < 1.29 is 39.6 Å². The van der Waals surface area contributed by atoms with E-state index in [9.17, 15) is 19.2 Å². The lowest BCUT2D eigenvalue weighted by atomic mass is 10.1. The van der Waals surface area contributed by atoms with Crippen LogP contribution in [0, 0.1) is 0 Å². The van der Waals surface area contributed by atoms with E-state index in [4.69, 9.17) is 20.4 Å². The van der Waals surface area contributed by atoms with E-state index in [-0.39, 0.29) is 29.7 Å². The van der Waals surface area contributed by atoms with Crippen LogP contribution in [0.1, 0.15) is 48.9 Å². The van der Waals surface area contributed by atoms with Crippen LogP contribution < -0.4 is 0 Å². The summed E-state index contributed by atoms with van der Waals surface area (Å²) in [6.45, 7) is 0. The van der Waals surface area contributed by atoms with Crippen molar-refractivity contribution in [2.24, 2.45) is 0 Å². The zero-order valence-corrected chi connectivity index (χ0v) is 12.0. The monoisotopic (exact) mass is 348 g/mol. The molecule has 0 aliphatic carbocycles. The van der Waals surface area contributed by atoms with Gasteiger partial charge >= 0.3 is 23.9 Å². The van der Waals surface area contributed by atoms with Crippen molar-refractivity contribution in [1.29, 1.82) is 0 Å². The van der Waals surface area contributed by atoms with Gasteiger partial charge in [0, 0.05) is 0 Å². The fourth-order valence-electron chi connectivity index (χ4n) is 1.71. The van der Waals surface area contributed by atoms with Crippen LogP contribution >= 0.6 is 0 Å². The summed E-state index contributed by atoms with van der Waals surface area (Å²) in [6.07, 6.45) is 0. The summed E-state index contributed by atoms with van der Waals surface area (Å²) >= 11 is 0. The first-order chi connectivity index (χ1) is 11.3. The maximum Gasteiger partial charge on any atom is 0.336 e. The number of carboxylic acids is 4. The van der Waals surface area contributed by atoms with Crippen molar-refractivity contribution in [1.82, 2.24) is 0 Å². The normalized spacial score (nSPS) is 8.96. The van der Waals surface area contributed by atoms with Crippen molar-refractivity contribution >= 4 is 23.9 Å². The minimum Gasteiger partial charge on any atom is -0.478 e. The number of carboxylic acid groups (broad SMARTS) is 4. The molecule has 0 bridgehead atoms. The van der Waals surface area contributed by atoms with E-state index in [1.807, 2.05) is 0 Å². The third-order valence-electron chi connectivity index (χ3n) is 2.78. The molecule has 0 aliphatic heterocycles. The molecule has 0 atom stereocenters. The van der Waals surface area contributed by atoms with E-state index in [0.29, 0.717) is 0 Å². The molecule has 4 N–H and O–H groups in total. The Morgan fingerprint density at radius 2 is 0.640 bits per heavy atom. The van der Waals surface area contributed by atoms with Gasteiger partial charge in [0.2, 0.25) is 0 Å². The molecule has 0 unspecified atom stereocenters. The van der Waals surface area contributed by atoms with Gasteiger partial charge in [0.1, 0.15) is 0 Å². The maximum atomic E-state index is 10.5. The van der Waals surface area contributed by atoms with Crippen LogP contribution in [0.2, 0.25) is 0 Å². The highest BCUT2D eigenvalue weighted by molar-refractivity contribution is 6.02. The lowest BCUT2D eigenvalue weighted by Crippen LogP contribution is -2.06. The Morgan fingerprint density at radius 1 is 0.480 bits per heavy atom. The molecule has 8 nitrogen and oxygen atoms in total. The highest BCUT2D eigenvalue weighted by Crippen LogP contribution is 2.08. The summed E-state index contributed by atoms with van der Waals surface area (Å²) in [5.74, 6) is -4.91. The molecule has 0 spiro atoms. The largest absolute Gasteiger partial charge is 0.478 e. The van der Waals surface area contributed by atoms with Gasteiger partial charge in [0.15, 0.2) is 0 Å². The molecule has 25 heavy (non-hydrogen) atoms. The Morgan fingerprint density at radius 3 is 0.760 bits per heavy atom. The van der Waals surface area contributed by atoms with Crippen LogP contribution in [0.15, 0.2) is 48.5 Å². The lowest BCUT2D eigenvalue weighted by Gasteiger charge is -1.98. The predicted octanol–water partition coefficient (Wildman–Crippen LogP) is 2.80.